The lowest BCUT2D eigenvalue weighted by molar-refractivity contribution is -0.0824. The molecule has 0 atom stereocenters. The topological polar surface area (TPSA) is 103 Å². The molecule has 2 aromatic heterocycles. The Morgan fingerprint density at radius 1 is 1.14 bits per heavy atom. The SMILES string of the molecule is CS(=O)(=O)c1cnc(NCc2ccc(-c3ccccn3)cc2)nc1OC1COC1. The molecule has 9 heteroatoms. The van der Waals surface area contributed by atoms with E-state index in [0.717, 1.165) is 23.1 Å². The van der Waals surface area contributed by atoms with Crippen LogP contribution in [0.3, 0.4) is 0 Å². The predicted molar refractivity (Wildman–Crippen MR) is 107 cm³/mol. The lowest BCUT2D eigenvalue weighted by atomic mass is 10.1. The van der Waals surface area contributed by atoms with Gasteiger partial charge in [0.1, 0.15) is 11.0 Å². The summed E-state index contributed by atoms with van der Waals surface area (Å²) in [5, 5.41) is 3.10. The number of rotatable bonds is 7. The highest BCUT2D eigenvalue weighted by Gasteiger charge is 2.25. The maximum absolute atomic E-state index is 12.0. The number of aromatic nitrogens is 3. The van der Waals surface area contributed by atoms with Crippen molar-refractivity contribution in [3.63, 3.8) is 0 Å². The van der Waals surface area contributed by atoms with Crippen LogP contribution in [0.1, 0.15) is 5.56 Å². The van der Waals surface area contributed by atoms with E-state index < -0.39 is 9.84 Å². The molecule has 0 aliphatic carbocycles. The Morgan fingerprint density at radius 3 is 2.55 bits per heavy atom. The number of pyridine rings is 1. The van der Waals surface area contributed by atoms with Gasteiger partial charge in [-0.3, -0.25) is 4.98 Å². The molecule has 1 aliphatic heterocycles. The fourth-order valence-electron chi connectivity index (χ4n) is 2.73. The summed E-state index contributed by atoms with van der Waals surface area (Å²) in [5.41, 5.74) is 2.96. The average molecular weight is 412 g/mol. The van der Waals surface area contributed by atoms with Gasteiger partial charge < -0.3 is 14.8 Å². The highest BCUT2D eigenvalue weighted by atomic mass is 32.2. The first-order chi connectivity index (χ1) is 14.0. The van der Waals surface area contributed by atoms with E-state index in [1.165, 1.54) is 6.20 Å². The first kappa shape index (κ1) is 19.3. The van der Waals surface area contributed by atoms with Gasteiger partial charge in [-0.25, -0.2) is 13.4 Å². The van der Waals surface area contributed by atoms with Gasteiger partial charge in [-0.15, -0.1) is 0 Å². The molecule has 1 fully saturated rings. The van der Waals surface area contributed by atoms with Crippen molar-refractivity contribution in [3.8, 4) is 17.1 Å². The van der Waals surface area contributed by atoms with E-state index in [1.807, 2.05) is 42.5 Å². The van der Waals surface area contributed by atoms with Crippen molar-refractivity contribution in [2.75, 3.05) is 24.8 Å². The average Bonchev–Trinajstić information content (AvgIpc) is 2.69. The molecular formula is C20H20N4O4S. The van der Waals surface area contributed by atoms with Gasteiger partial charge in [0.15, 0.2) is 9.84 Å². The Hall–Kier alpha value is -3.04. The summed E-state index contributed by atoms with van der Waals surface area (Å²) >= 11 is 0. The number of hydrogen-bond donors (Lipinski definition) is 1. The minimum absolute atomic E-state index is 0.0327. The molecule has 0 bridgehead atoms. The maximum Gasteiger partial charge on any atom is 0.237 e. The number of sulfone groups is 1. The number of nitrogens with zero attached hydrogens (tertiary/aromatic N) is 3. The molecule has 3 heterocycles. The molecule has 1 N–H and O–H groups in total. The van der Waals surface area contributed by atoms with E-state index in [-0.39, 0.29) is 16.9 Å². The number of ether oxygens (including phenoxy) is 2. The van der Waals surface area contributed by atoms with Crippen molar-refractivity contribution in [2.24, 2.45) is 0 Å². The second-order valence-electron chi connectivity index (χ2n) is 6.68. The highest BCUT2D eigenvalue weighted by molar-refractivity contribution is 7.90. The summed E-state index contributed by atoms with van der Waals surface area (Å²) in [6.07, 6.45) is 3.94. The van der Waals surface area contributed by atoms with Crippen molar-refractivity contribution in [1.82, 2.24) is 15.0 Å². The monoisotopic (exact) mass is 412 g/mol. The van der Waals surface area contributed by atoms with Crippen molar-refractivity contribution < 1.29 is 17.9 Å². The smallest absolute Gasteiger partial charge is 0.237 e. The van der Waals surface area contributed by atoms with Crippen LogP contribution >= 0.6 is 0 Å². The predicted octanol–water partition coefficient (Wildman–Crippen LogP) is 2.33. The molecule has 0 amide bonds. The Balaban J connectivity index is 1.47. The summed E-state index contributed by atoms with van der Waals surface area (Å²) in [6, 6.07) is 13.8. The first-order valence-corrected chi connectivity index (χ1v) is 10.9. The summed E-state index contributed by atoms with van der Waals surface area (Å²) in [5.74, 6) is 0.338. The quantitative estimate of drug-likeness (QED) is 0.631. The van der Waals surface area contributed by atoms with Crippen LogP contribution in [0, 0.1) is 0 Å². The lowest BCUT2D eigenvalue weighted by Crippen LogP contribution is -2.39. The van der Waals surface area contributed by atoms with E-state index in [0.29, 0.717) is 25.7 Å². The van der Waals surface area contributed by atoms with Crippen LogP contribution in [0.15, 0.2) is 59.8 Å². The maximum atomic E-state index is 12.0. The van der Waals surface area contributed by atoms with Crippen LogP contribution in [0.25, 0.3) is 11.3 Å². The van der Waals surface area contributed by atoms with Crippen LogP contribution in [-0.4, -0.2) is 48.9 Å². The summed E-state index contributed by atoms with van der Waals surface area (Å²) in [7, 11) is -3.50. The second-order valence-corrected chi connectivity index (χ2v) is 8.66. The summed E-state index contributed by atoms with van der Waals surface area (Å²) < 4.78 is 34.7. The zero-order valence-electron chi connectivity index (χ0n) is 15.8. The van der Waals surface area contributed by atoms with E-state index in [4.69, 9.17) is 9.47 Å². The Kier molecular flexibility index (Phi) is 5.41. The fourth-order valence-corrected chi connectivity index (χ4v) is 3.38. The molecule has 29 heavy (non-hydrogen) atoms. The molecule has 1 aromatic carbocycles. The van der Waals surface area contributed by atoms with Crippen molar-refractivity contribution in [2.45, 2.75) is 17.5 Å². The highest BCUT2D eigenvalue weighted by Crippen LogP contribution is 2.25. The largest absolute Gasteiger partial charge is 0.468 e. The Labute approximate surface area is 168 Å². The van der Waals surface area contributed by atoms with Crippen LogP contribution in [0.2, 0.25) is 0 Å². The van der Waals surface area contributed by atoms with Crippen LogP contribution in [0.4, 0.5) is 5.95 Å². The number of anilines is 1. The number of benzene rings is 1. The molecule has 0 unspecified atom stereocenters. The van der Waals surface area contributed by atoms with E-state index >= 15 is 0 Å². The van der Waals surface area contributed by atoms with E-state index in [9.17, 15) is 8.42 Å². The lowest BCUT2D eigenvalue weighted by Gasteiger charge is -2.26. The van der Waals surface area contributed by atoms with Gasteiger partial charge in [0.2, 0.25) is 11.8 Å². The van der Waals surface area contributed by atoms with Crippen LogP contribution < -0.4 is 10.1 Å². The summed E-state index contributed by atoms with van der Waals surface area (Å²) in [6.45, 7) is 1.31. The molecule has 0 saturated carbocycles. The fraction of sp³-hybridized carbons (Fsp3) is 0.250. The first-order valence-electron chi connectivity index (χ1n) is 9.05. The van der Waals surface area contributed by atoms with Crippen LogP contribution in [-0.2, 0) is 21.1 Å². The number of hydrogen-bond acceptors (Lipinski definition) is 8. The summed E-state index contributed by atoms with van der Waals surface area (Å²) in [4.78, 5) is 12.7. The standard InChI is InChI=1S/C20H20N4O4S/c1-29(25,26)18-11-23-20(24-19(18)28-16-12-27-13-16)22-10-14-5-7-15(8-6-14)17-4-2-3-9-21-17/h2-9,11,16H,10,12-13H2,1H3,(H,22,23,24). The normalized spacial score (nSPS) is 14.2. The van der Waals surface area contributed by atoms with Gasteiger partial charge in [0.25, 0.3) is 0 Å². The molecule has 0 radical (unpaired) electrons. The second kappa shape index (κ2) is 8.14. The molecule has 1 saturated heterocycles. The molecular weight excluding hydrogens is 392 g/mol. The van der Waals surface area contributed by atoms with Gasteiger partial charge in [0.05, 0.1) is 25.1 Å². The molecule has 0 spiro atoms. The molecule has 8 nitrogen and oxygen atoms in total. The van der Waals surface area contributed by atoms with E-state index in [1.54, 1.807) is 6.20 Å². The minimum atomic E-state index is -3.50. The Morgan fingerprint density at radius 2 is 1.93 bits per heavy atom. The van der Waals surface area contributed by atoms with Crippen molar-refractivity contribution >= 4 is 15.8 Å². The third-order valence-corrected chi connectivity index (χ3v) is 5.45. The van der Waals surface area contributed by atoms with Crippen molar-refractivity contribution in [3.05, 3.63) is 60.4 Å². The van der Waals surface area contributed by atoms with Crippen LogP contribution in [0.5, 0.6) is 5.88 Å². The van der Waals surface area contributed by atoms with Gasteiger partial charge in [-0.2, -0.15) is 4.98 Å². The van der Waals surface area contributed by atoms with Gasteiger partial charge in [0, 0.05) is 24.6 Å². The third-order valence-electron chi connectivity index (χ3n) is 4.37. The Bertz CT molecular complexity index is 1090. The van der Waals surface area contributed by atoms with Gasteiger partial charge in [-0.05, 0) is 17.7 Å². The van der Waals surface area contributed by atoms with Gasteiger partial charge in [-0.1, -0.05) is 30.3 Å². The van der Waals surface area contributed by atoms with Gasteiger partial charge >= 0.3 is 0 Å². The van der Waals surface area contributed by atoms with E-state index in [2.05, 4.69) is 20.3 Å². The molecule has 3 aromatic rings. The zero-order chi connectivity index (χ0) is 20.3. The number of nitrogens with one attached hydrogen (secondary N) is 1. The molecule has 150 valence electrons. The minimum Gasteiger partial charge on any atom is -0.468 e. The zero-order valence-corrected chi connectivity index (χ0v) is 16.6. The third kappa shape index (κ3) is 4.69. The van der Waals surface area contributed by atoms with Crippen molar-refractivity contribution in [1.29, 1.82) is 0 Å². The molecule has 4 rings (SSSR count). The molecule has 1 aliphatic rings.